The second-order valence-corrected chi connectivity index (χ2v) is 11.7. The van der Waals surface area contributed by atoms with Crippen molar-refractivity contribution in [3.05, 3.63) is 64.7 Å². The molecule has 2 N–H and O–H groups in total. The molecule has 0 radical (unpaired) electrons. The molecule has 2 amide bonds. The summed E-state index contributed by atoms with van der Waals surface area (Å²) < 4.78 is 33.2. The third-order valence-electron chi connectivity index (χ3n) is 6.09. The number of methoxy groups -OCH3 is 1. The maximum Gasteiger partial charge on any atom is 0.325 e. The lowest BCUT2D eigenvalue weighted by Crippen LogP contribution is -2.49. The van der Waals surface area contributed by atoms with Gasteiger partial charge in [0, 0.05) is 23.7 Å². The summed E-state index contributed by atoms with van der Waals surface area (Å²) in [5, 5.41) is 5.69. The van der Waals surface area contributed by atoms with Crippen molar-refractivity contribution in [2.24, 2.45) is 5.41 Å². The summed E-state index contributed by atoms with van der Waals surface area (Å²) in [6.45, 7) is 4.14. The lowest BCUT2D eigenvalue weighted by atomic mass is 9.83. The smallest absolute Gasteiger partial charge is 0.325 e. The third-order valence-corrected chi connectivity index (χ3v) is 8.21. The van der Waals surface area contributed by atoms with Gasteiger partial charge in [0.1, 0.15) is 12.6 Å². The van der Waals surface area contributed by atoms with Gasteiger partial charge in [0.25, 0.3) is 5.91 Å². The Labute approximate surface area is 216 Å². The molecule has 194 valence electrons. The molecule has 3 rings (SSSR count). The van der Waals surface area contributed by atoms with Gasteiger partial charge in [0.2, 0.25) is 15.9 Å². The van der Waals surface area contributed by atoms with Crippen LogP contribution in [0.15, 0.2) is 53.4 Å². The number of sulfonamides is 1. The van der Waals surface area contributed by atoms with Crippen LogP contribution in [0.25, 0.3) is 0 Å². The zero-order valence-corrected chi connectivity index (χ0v) is 22.0. The second-order valence-electron chi connectivity index (χ2n) is 9.39. The van der Waals surface area contributed by atoms with Crippen LogP contribution in [0.2, 0.25) is 5.02 Å². The van der Waals surface area contributed by atoms with Crippen LogP contribution in [0, 0.1) is 5.41 Å². The van der Waals surface area contributed by atoms with E-state index >= 15 is 0 Å². The number of benzene rings is 2. The Balaban J connectivity index is 1.93. The number of carbonyl (C=O) groups excluding carboxylic acids is 3. The summed E-state index contributed by atoms with van der Waals surface area (Å²) in [5.41, 5.74) is 0.620. The predicted octanol–water partition coefficient (Wildman–Crippen LogP) is 2.74. The molecule has 36 heavy (non-hydrogen) atoms. The molecule has 11 heteroatoms. The molecule has 1 heterocycles. The standard InChI is InChI=1S/C25H30ClN3O6S/c1-25(2)12-13-27-24(32)21(14-25)29(36(33,34)20-10-8-19(26)9-11-20)16-17-4-6-18(7-5-17)23(31)28-15-22(30)35-3/h4-11,21H,12-16H2,1-3H3,(H,27,32)(H,28,31). The quantitative estimate of drug-likeness (QED) is 0.501. The highest BCUT2D eigenvalue weighted by molar-refractivity contribution is 7.89. The Morgan fingerprint density at radius 3 is 2.39 bits per heavy atom. The monoisotopic (exact) mass is 535 g/mol. The van der Waals surface area contributed by atoms with E-state index in [2.05, 4.69) is 15.4 Å². The molecule has 1 atom stereocenters. The highest BCUT2D eigenvalue weighted by atomic mass is 35.5. The van der Waals surface area contributed by atoms with Crippen LogP contribution in [0.5, 0.6) is 0 Å². The molecule has 2 aromatic rings. The van der Waals surface area contributed by atoms with Crippen LogP contribution >= 0.6 is 11.6 Å². The molecular formula is C25H30ClN3O6S. The maximum absolute atomic E-state index is 13.8. The lowest BCUT2D eigenvalue weighted by molar-refractivity contribution is -0.139. The molecule has 1 fully saturated rings. The van der Waals surface area contributed by atoms with Crippen LogP contribution < -0.4 is 10.6 Å². The van der Waals surface area contributed by atoms with Crippen LogP contribution in [0.1, 0.15) is 42.6 Å². The minimum absolute atomic E-state index is 0.0283. The van der Waals surface area contributed by atoms with E-state index in [9.17, 15) is 22.8 Å². The number of halogens is 1. The summed E-state index contributed by atoms with van der Waals surface area (Å²) in [6.07, 6.45) is 1.07. The average Bonchev–Trinajstić information content (AvgIpc) is 2.98. The van der Waals surface area contributed by atoms with E-state index in [1.807, 2.05) is 13.8 Å². The van der Waals surface area contributed by atoms with Crippen molar-refractivity contribution in [3.8, 4) is 0 Å². The molecule has 0 spiro atoms. The largest absolute Gasteiger partial charge is 0.468 e. The van der Waals surface area contributed by atoms with Gasteiger partial charge in [-0.2, -0.15) is 4.31 Å². The number of carbonyl (C=O) groups is 3. The van der Waals surface area contributed by atoms with E-state index < -0.39 is 27.9 Å². The van der Waals surface area contributed by atoms with Gasteiger partial charge >= 0.3 is 5.97 Å². The molecule has 1 unspecified atom stereocenters. The number of esters is 1. The Bertz CT molecular complexity index is 1210. The van der Waals surface area contributed by atoms with E-state index in [0.29, 0.717) is 29.1 Å². The molecular weight excluding hydrogens is 506 g/mol. The molecule has 0 bridgehead atoms. The minimum atomic E-state index is -4.08. The van der Waals surface area contributed by atoms with E-state index in [0.717, 1.165) is 6.42 Å². The number of amides is 2. The van der Waals surface area contributed by atoms with E-state index in [1.54, 1.807) is 12.1 Å². The minimum Gasteiger partial charge on any atom is -0.468 e. The van der Waals surface area contributed by atoms with Gasteiger partial charge in [-0.25, -0.2) is 8.42 Å². The fourth-order valence-corrected chi connectivity index (χ4v) is 5.67. The van der Waals surface area contributed by atoms with E-state index in [1.165, 1.54) is 47.8 Å². The number of nitrogens with one attached hydrogen (secondary N) is 2. The Morgan fingerprint density at radius 2 is 1.78 bits per heavy atom. The number of rotatable bonds is 8. The van der Waals surface area contributed by atoms with Gasteiger partial charge in [-0.05, 0) is 60.2 Å². The third kappa shape index (κ3) is 6.83. The zero-order valence-electron chi connectivity index (χ0n) is 20.4. The highest BCUT2D eigenvalue weighted by Crippen LogP contribution is 2.33. The van der Waals surface area contributed by atoms with Gasteiger partial charge < -0.3 is 15.4 Å². The van der Waals surface area contributed by atoms with Gasteiger partial charge in [-0.3, -0.25) is 14.4 Å². The summed E-state index contributed by atoms with van der Waals surface area (Å²) in [5.74, 6) is -1.40. The van der Waals surface area contributed by atoms with Crippen molar-refractivity contribution in [3.63, 3.8) is 0 Å². The molecule has 1 aliphatic heterocycles. The second kappa shape index (κ2) is 11.4. The highest BCUT2D eigenvalue weighted by Gasteiger charge is 2.40. The first-order valence-corrected chi connectivity index (χ1v) is 13.2. The van der Waals surface area contributed by atoms with E-state index in [4.69, 9.17) is 11.6 Å². The first-order valence-electron chi connectivity index (χ1n) is 11.4. The number of hydrogen-bond acceptors (Lipinski definition) is 6. The number of nitrogens with zero attached hydrogens (tertiary/aromatic N) is 1. The molecule has 1 saturated heterocycles. The first kappa shape index (κ1) is 27.6. The van der Waals surface area contributed by atoms with Crippen LogP contribution in [-0.2, 0) is 30.9 Å². The summed E-state index contributed by atoms with van der Waals surface area (Å²) in [7, 11) is -2.85. The van der Waals surface area contributed by atoms with Gasteiger partial charge in [-0.1, -0.05) is 37.6 Å². The molecule has 0 aromatic heterocycles. The van der Waals surface area contributed by atoms with Crippen LogP contribution in [-0.4, -0.2) is 56.7 Å². The lowest BCUT2D eigenvalue weighted by Gasteiger charge is -2.33. The molecule has 2 aromatic carbocycles. The van der Waals surface area contributed by atoms with Crippen LogP contribution in [0.4, 0.5) is 0 Å². The van der Waals surface area contributed by atoms with Crippen LogP contribution in [0.3, 0.4) is 0 Å². The van der Waals surface area contributed by atoms with E-state index in [-0.39, 0.29) is 29.3 Å². The number of hydrogen-bond donors (Lipinski definition) is 2. The predicted molar refractivity (Wildman–Crippen MR) is 135 cm³/mol. The average molecular weight is 536 g/mol. The summed E-state index contributed by atoms with van der Waals surface area (Å²) >= 11 is 5.96. The maximum atomic E-state index is 13.8. The fourth-order valence-electron chi connectivity index (χ4n) is 3.97. The molecule has 9 nitrogen and oxygen atoms in total. The SMILES string of the molecule is COC(=O)CNC(=O)c1ccc(CN(C2CC(C)(C)CCNC2=O)S(=O)(=O)c2ccc(Cl)cc2)cc1. The van der Waals surface area contributed by atoms with Gasteiger partial charge in [-0.15, -0.1) is 0 Å². The van der Waals surface area contributed by atoms with Crippen molar-refractivity contribution in [1.82, 2.24) is 14.9 Å². The Morgan fingerprint density at radius 1 is 1.14 bits per heavy atom. The first-order chi connectivity index (χ1) is 16.9. The topological polar surface area (TPSA) is 122 Å². The van der Waals surface area contributed by atoms with Gasteiger partial charge in [0.05, 0.1) is 12.0 Å². The summed E-state index contributed by atoms with van der Waals surface area (Å²) in [6, 6.07) is 11.2. The molecule has 1 aliphatic rings. The Kier molecular flexibility index (Phi) is 8.76. The fraction of sp³-hybridized carbons (Fsp3) is 0.400. The Hall–Kier alpha value is -2.95. The molecule has 0 aliphatic carbocycles. The molecule has 0 saturated carbocycles. The van der Waals surface area contributed by atoms with Crippen molar-refractivity contribution >= 4 is 39.4 Å². The zero-order chi connectivity index (χ0) is 26.5. The summed E-state index contributed by atoms with van der Waals surface area (Å²) in [4.78, 5) is 36.6. The van der Waals surface area contributed by atoms with Crippen molar-refractivity contribution in [2.75, 3.05) is 20.2 Å². The number of ether oxygens (including phenoxy) is 1. The van der Waals surface area contributed by atoms with Gasteiger partial charge in [0.15, 0.2) is 0 Å². The van der Waals surface area contributed by atoms with Crippen molar-refractivity contribution in [2.45, 2.75) is 44.2 Å². The normalized spacial score (nSPS) is 17.7. The van der Waals surface area contributed by atoms with Crippen molar-refractivity contribution < 1.29 is 27.5 Å². The van der Waals surface area contributed by atoms with Crippen molar-refractivity contribution in [1.29, 1.82) is 0 Å².